The summed E-state index contributed by atoms with van der Waals surface area (Å²) in [5.41, 5.74) is 3.38. The second-order valence-electron chi connectivity index (χ2n) is 4.41. The predicted molar refractivity (Wildman–Crippen MR) is 84.5 cm³/mol. The van der Waals surface area contributed by atoms with Crippen LogP contribution in [-0.2, 0) is 13.6 Å². The molecule has 19 heavy (non-hydrogen) atoms. The van der Waals surface area contributed by atoms with Crippen LogP contribution in [0.3, 0.4) is 0 Å². The molecule has 2 aromatic heterocycles. The van der Waals surface area contributed by atoms with Crippen LogP contribution in [0.15, 0.2) is 34.1 Å². The summed E-state index contributed by atoms with van der Waals surface area (Å²) < 4.78 is 4.31. The fourth-order valence-corrected chi connectivity index (χ4v) is 3.86. The Hall–Kier alpha value is -1.17. The highest BCUT2D eigenvalue weighted by atomic mass is 79.9. The summed E-state index contributed by atoms with van der Waals surface area (Å²) in [5, 5.41) is 11.3. The van der Waals surface area contributed by atoms with Gasteiger partial charge >= 0.3 is 0 Å². The van der Waals surface area contributed by atoms with Crippen molar-refractivity contribution in [3.63, 3.8) is 0 Å². The normalized spacial score (nSPS) is 11.3. The highest BCUT2D eigenvalue weighted by Gasteiger charge is 2.17. The number of rotatable bonds is 3. The minimum Gasteiger partial charge on any atom is -0.314 e. The van der Waals surface area contributed by atoms with Gasteiger partial charge in [0.1, 0.15) is 5.69 Å². The second kappa shape index (κ2) is 5.07. The summed E-state index contributed by atoms with van der Waals surface area (Å²) in [6.45, 7) is 0.798. The lowest BCUT2D eigenvalue weighted by molar-refractivity contribution is 0.672. The van der Waals surface area contributed by atoms with E-state index in [0.717, 1.165) is 22.4 Å². The van der Waals surface area contributed by atoms with Crippen LogP contribution in [-0.4, -0.2) is 16.8 Å². The molecular weight excluding hydrogens is 322 g/mol. The molecule has 2 heterocycles. The minimum atomic E-state index is 0.798. The van der Waals surface area contributed by atoms with Gasteiger partial charge < -0.3 is 5.32 Å². The van der Waals surface area contributed by atoms with Crippen LogP contribution >= 0.6 is 27.3 Å². The Morgan fingerprint density at radius 1 is 1.37 bits per heavy atom. The number of hydrogen-bond donors (Lipinski definition) is 1. The fourth-order valence-electron chi connectivity index (χ4n) is 2.23. The van der Waals surface area contributed by atoms with Gasteiger partial charge in [-0.25, -0.2) is 0 Å². The summed E-state index contributed by atoms with van der Waals surface area (Å²) in [7, 11) is 3.93. The van der Waals surface area contributed by atoms with E-state index in [0.29, 0.717) is 0 Å². The van der Waals surface area contributed by atoms with E-state index in [4.69, 9.17) is 0 Å². The second-order valence-corrected chi connectivity index (χ2v) is 6.11. The van der Waals surface area contributed by atoms with E-state index in [-0.39, 0.29) is 0 Å². The van der Waals surface area contributed by atoms with Crippen molar-refractivity contribution in [3.05, 3.63) is 39.8 Å². The smallest absolute Gasteiger partial charge is 0.108 e. The highest BCUT2D eigenvalue weighted by molar-refractivity contribution is 9.10. The van der Waals surface area contributed by atoms with Gasteiger partial charge in [-0.3, -0.25) is 4.68 Å². The average Bonchev–Trinajstić information content (AvgIpc) is 2.95. The maximum absolute atomic E-state index is 4.66. The number of fused-ring (bicyclic) bond motifs is 1. The average molecular weight is 336 g/mol. The van der Waals surface area contributed by atoms with Crippen LogP contribution < -0.4 is 5.32 Å². The quantitative estimate of drug-likeness (QED) is 0.789. The highest BCUT2D eigenvalue weighted by Crippen LogP contribution is 2.37. The van der Waals surface area contributed by atoms with Gasteiger partial charge in [0.2, 0.25) is 0 Å². The maximum Gasteiger partial charge on any atom is 0.108 e. The SMILES string of the molecule is CNCc1c(Br)c(-c2csc3ccccc23)nn1C. The molecule has 0 saturated carbocycles. The van der Waals surface area contributed by atoms with Crippen molar-refractivity contribution >= 4 is 37.4 Å². The number of hydrogen-bond acceptors (Lipinski definition) is 3. The molecule has 0 spiro atoms. The molecule has 0 radical (unpaired) electrons. The zero-order valence-corrected chi connectivity index (χ0v) is 13.2. The first-order valence-corrected chi connectivity index (χ1v) is 7.72. The van der Waals surface area contributed by atoms with Gasteiger partial charge in [0, 0.05) is 34.6 Å². The van der Waals surface area contributed by atoms with Gasteiger partial charge in [-0.15, -0.1) is 11.3 Å². The molecule has 3 rings (SSSR count). The first kappa shape index (κ1) is 12.8. The van der Waals surface area contributed by atoms with E-state index in [1.165, 1.54) is 15.6 Å². The fraction of sp³-hybridized carbons (Fsp3) is 0.214. The Kier molecular flexibility index (Phi) is 3.43. The molecule has 98 valence electrons. The zero-order valence-electron chi connectivity index (χ0n) is 10.8. The van der Waals surface area contributed by atoms with Crippen LogP contribution in [0.2, 0.25) is 0 Å². The van der Waals surface area contributed by atoms with Crippen LogP contribution in [0.25, 0.3) is 21.3 Å². The van der Waals surface area contributed by atoms with Crippen LogP contribution in [0.4, 0.5) is 0 Å². The predicted octanol–water partition coefficient (Wildman–Crippen LogP) is 3.78. The molecule has 0 amide bonds. The van der Waals surface area contributed by atoms with Gasteiger partial charge in [0.15, 0.2) is 0 Å². The van der Waals surface area contributed by atoms with Gasteiger partial charge in [0.05, 0.1) is 10.2 Å². The van der Waals surface area contributed by atoms with Crippen molar-refractivity contribution in [1.82, 2.24) is 15.1 Å². The van der Waals surface area contributed by atoms with E-state index in [2.05, 4.69) is 56.0 Å². The van der Waals surface area contributed by atoms with Crippen molar-refractivity contribution in [3.8, 4) is 11.3 Å². The summed E-state index contributed by atoms with van der Waals surface area (Å²) in [6, 6.07) is 8.45. The number of aromatic nitrogens is 2. The van der Waals surface area contributed by atoms with Gasteiger partial charge in [-0.2, -0.15) is 5.10 Å². The molecular formula is C14H14BrN3S. The Morgan fingerprint density at radius 2 is 2.16 bits per heavy atom. The third-order valence-corrected chi connectivity index (χ3v) is 4.98. The summed E-state index contributed by atoms with van der Waals surface area (Å²) in [6.07, 6.45) is 0. The van der Waals surface area contributed by atoms with E-state index in [1.54, 1.807) is 11.3 Å². The number of halogens is 1. The first-order valence-electron chi connectivity index (χ1n) is 6.05. The van der Waals surface area contributed by atoms with Crippen LogP contribution in [0, 0.1) is 0 Å². The largest absolute Gasteiger partial charge is 0.314 e. The number of nitrogens with one attached hydrogen (secondary N) is 1. The maximum atomic E-state index is 4.66. The molecule has 1 N–H and O–H groups in total. The Labute approximate surface area is 124 Å². The molecule has 1 aromatic carbocycles. The molecule has 0 aliphatic carbocycles. The lowest BCUT2D eigenvalue weighted by atomic mass is 10.1. The monoisotopic (exact) mass is 335 g/mol. The summed E-state index contributed by atoms with van der Waals surface area (Å²) in [4.78, 5) is 0. The van der Waals surface area contributed by atoms with Crippen LogP contribution in [0.1, 0.15) is 5.69 Å². The molecule has 3 aromatic rings. The number of aryl methyl sites for hydroxylation is 1. The van der Waals surface area contributed by atoms with E-state index in [9.17, 15) is 0 Å². The molecule has 5 heteroatoms. The third kappa shape index (κ3) is 2.12. The van der Waals surface area contributed by atoms with Crippen molar-refractivity contribution in [2.24, 2.45) is 7.05 Å². The topological polar surface area (TPSA) is 29.9 Å². The van der Waals surface area contributed by atoms with Crippen molar-refractivity contribution in [2.75, 3.05) is 7.05 Å². The van der Waals surface area contributed by atoms with E-state index >= 15 is 0 Å². The van der Waals surface area contributed by atoms with Crippen LogP contribution in [0.5, 0.6) is 0 Å². The van der Waals surface area contributed by atoms with Gasteiger partial charge in [-0.1, -0.05) is 18.2 Å². The third-order valence-electron chi connectivity index (χ3n) is 3.18. The van der Waals surface area contributed by atoms with Crippen molar-refractivity contribution in [1.29, 1.82) is 0 Å². The minimum absolute atomic E-state index is 0.798. The Bertz CT molecular complexity index is 729. The molecule has 0 fully saturated rings. The Morgan fingerprint density at radius 3 is 2.95 bits per heavy atom. The molecule has 0 aliphatic rings. The Balaban J connectivity index is 2.19. The standard InChI is InChI=1S/C14H14BrN3S/c1-16-7-11-13(15)14(17-18(11)2)10-8-19-12-6-4-3-5-9(10)12/h3-6,8,16H,7H2,1-2H3. The van der Waals surface area contributed by atoms with E-state index in [1.807, 2.05) is 18.8 Å². The van der Waals surface area contributed by atoms with Crippen molar-refractivity contribution < 1.29 is 0 Å². The summed E-state index contributed by atoms with van der Waals surface area (Å²) in [5.74, 6) is 0. The van der Waals surface area contributed by atoms with Gasteiger partial charge in [-0.05, 0) is 29.0 Å². The molecule has 0 atom stereocenters. The van der Waals surface area contributed by atoms with E-state index < -0.39 is 0 Å². The molecule has 3 nitrogen and oxygen atoms in total. The lowest BCUT2D eigenvalue weighted by Crippen LogP contribution is -2.10. The lowest BCUT2D eigenvalue weighted by Gasteiger charge is -2.00. The first-order chi connectivity index (χ1) is 9.22. The number of nitrogens with zero attached hydrogens (tertiary/aromatic N) is 2. The molecule has 0 aliphatic heterocycles. The molecule has 0 unspecified atom stereocenters. The van der Waals surface area contributed by atoms with Crippen molar-refractivity contribution in [2.45, 2.75) is 6.54 Å². The molecule has 0 bridgehead atoms. The number of thiophene rings is 1. The number of benzene rings is 1. The molecule has 0 saturated heterocycles. The van der Waals surface area contributed by atoms with Gasteiger partial charge in [0.25, 0.3) is 0 Å². The summed E-state index contributed by atoms with van der Waals surface area (Å²) >= 11 is 5.45. The zero-order chi connectivity index (χ0) is 13.4.